The van der Waals surface area contributed by atoms with Gasteiger partial charge < -0.3 is 14.4 Å². The third-order valence-electron chi connectivity index (χ3n) is 6.66. The lowest BCUT2D eigenvalue weighted by Gasteiger charge is -2.25. The van der Waals surface area contributed by atoms with Crippen LogP contribution in [0.2, 0.25) is 0 Å². The van der Waals surface area contributed by atoms with Gasteiger partial charge >= 0.3 is 5.97 Å². The molecule has 0 bridgehead atoms. The number of esters is 1. The van der Waals surface area contributed by atoms with Gasteiger partial charge in [-0.1, -0.05) is 35.6 Å². The minimum absolute atomic E-state index is 0.192. The third-order valence-corrected chi connectivity index (χ3v) is 7.64. The zero-order chi connectivity index (χ0) is 26.1. The minimum atomic E-state index is -0.669. The molecule has 3 aromatic rings. The Morgan fingerprint density at radius 2 is 1.86 bits per heavy atom. The van der Waals surface area contributed by atoms with Crippen molar-refractivity contribution in [2.24, 2.45) is 4.99 Å². The molecule has 1 atom stereocenters. The Kier molecular flexibility index (Phi) is 7.02. The van der Waals surface area contributed by atoms with Gasteiger partial charge in [-0.25, -0.2) is 9.79 Å². The number of hydrogen-bond donors (Lipinski definition) is 0. The molecule has 0 saturated carbocycles. The Hall–Kier alpha value is -3.65. The normalized spacial score (nSPS) is 17.7. The van der Waals surface area contributed by atoms with E-state index in [0.717, 1.165) is 24.2 Å². The molecule has 0 aliphatic carbocycles. The molecular formula is C29H31N3O4S. The van der Waals surface area contributed by atoms with Gasteiger partial charge in [-0.2, -0.15) is 0 Å². The second-order valence-electron chi connectivity index (χ2n) is 9.60. The quantitative estimate of drug-likeness (QED) is 0.465. The van der Waals surface area contributed by atoms with Crippen LogP contribution in [0, 0.1) is 0 Å². The molecule has 5 rings (SSSR count). The van der Waals surface area contributed by atoms with E-state index in [4.69, 9.17) is 9.47 Å². The molecule has 2 aromatic carbocycles. The summed E-state index contributed by atoms with van der Waals surface area (Å²) in [6, 6.07) is 15.1. The Bertz CT molecular complexity index is 1530. The average Bonchev–Trinajstić information content (AvgIpc) is 3.52. The van der Waals surface area contributed by atoms with E-state index in [1.54, 1.807) is 32.4 Å². The van der Waals surface area contributed by atoms with Crippen molar-refractivity contribution < 1.29 is 14.3 Å². The first-order valence-corrected chi connectivity index (χ1v) is 13.4. The van der Waals surface area contributed by atoms with E-state index in [-0.39, 0.29) is 11.7 Å². The van der Waals surface area contributed by atoms with Crippen molar-refractivity contribution in [1.29, 1.82) is 0 Å². The molecule has 7 nitrogen and oxygen atoms in total. The van der Waals surface area contributed by atoms with Crippen LogP contribution in [0.5, 0.6) is 5.75 Å². The molecule has 0 spiro atoms. The predicted molar refractivity (Wildman–Crippen MR) is 146 cm³/mol. The van der Waals surface area contributed by atoms with Crippen molar-refractivity contribution in [1.82, 2.24) is 4.57 Å². The van der Waals surface area contributed by atoms with Crippen molar-refractivity contribution in [2.45, 2.75) is 45.8 Å². The summed E-state index contributed by atoms with van der Waals surface area (Å²) in [6.07, 6.45) is 4.05. The summed E-state index contributed by atoms with van der Waals surface area (Å²) >= 11 is 1.33. The Labute approximate surface area is 220 Å². The van der Waals surface area contributed by atoms with Crippen LogP contribution in [0.25, 0.3) is 6.08 Å². The third kappa shape index (κ3) is 4.98. The van der Waals surface area contributed by atoms with Crippen molar-refractivity contribution >= 4 is 29.1 Å². The number of benzene rings is 2. The van der Waals surface area contributed by atoms with Gasteiger partial charge in [0.2, 0.25) is 0 Å². The molecule has 1 aromatic heterocycles. The highest BCUT2D eigenvalue weighted by atomic mass is 32.1. The molecule has 3 heterocycles. The molecule has 0 N–H and O–H groups in total. The highest BCUT2D eigenvalue weighted by Gasteiger charge is 2.34. The number of hydrogen-bond acceptors (Lipinski definition) is 7. The van der Waals surface area contributed by atoms with E-state index >= 15 is 0 Å². The standard InChI is InChI=1S/C29H31N3O4S/c1-18(2)36-28(34)25-19(3)30-29-32(26(25)21-8-7-9-23(17-21)35-4)27(33)24(37-29)16-20-10-12-22(13-11-20)31-14-5-6-15-31/h7-13,16-18,26H,5-6,14-15H2,1-4H3/b24-16-/t26-/m1/s1. The van der Waals surface area contributed by atoms with Gasteiger partial charge in [0.1, 0.15) is 5.75 Å². The van der Waals surface area contributed by atoms with Crippen LogP contribution < -0.4 is 24.5 Å². The largest absolute Gasteiger partial charge is 0.497 e. The first-order valence-electron chi connectivity index (χ1n) is 12.6. The maximum Gasteiger partial charge on any atom is 0.338 e. The number of aromatic nitrogens is 1. The Morgan fingerprint density at radius 1 is 1.14 bits per heavy atom. The lowest BCUT2D eigenvalue weighted by atomic mass is 9.95. The lowest BCUT2D eigenvalue weighted by molar-refractivity contribution is -0.143. The molecule has 2 aliphatic rings. The van der Waals surface area contributed by atoms with E-state index in [9.17, 15) is 9.59 Å². The predicted octanol–water partition coefficient (Wildman–Crippen LogP) is 3.80. The molecule has 1 fully saturated rings. The number of anilines is 1. The van der Waals surface area contributed by atoms with Crippen LogP contribution in [-0.4, -0.2) is 36.8 Å². The number of nitrogens with zero attached hydrogens (tertiary/aromatic N) is 3. The van der Waals surface area contributed by atoms with E-state index in [2.05, 4.69) is 22.0 Å². The van der Waals surface area contributed by atoms with Crippen LogP contribution in [0.15, 0.2) is 69.6 Å². The van der Waals surface area contributed by atoms with Gasteiger partial charge in [-0.05, 0) is 75.1 Å². The first-order chi connectivity index (χ1) is 17.9. The lowest BCUT2D eigenvalue weighted by Crippen LogP contribution is -2.40. The number of thiazole rings is 1. The highest BCUT2D eigenvalue weighted by molar-refractivity contribution is 7.07. The number of carbonyl (C=O) groups is 1. The zero-order valence-electron chi connectivity index (χ0n) is 21.6. The smallest absolute Gasteiger partial charge is 0.338 e. The van der Waals surface area contributed by atoms with Gasteiger partial charge in [0.15, 0.2) is 4.80 Å². The monoisotopic (exact) mass is 517 g/mol. The fourth-order valence-electron chi connectivity index (χ4n) is 4.90. The summed E-state index contributed by atoms with van der Waals surface area (Å²) in [4.78, 5) is 34.6. The van der Waals surface area contributed by atoms with Crippen LogP contribution >= 0.6 is 11.3 Å². The van der Waals surface area contributed by atoms with Crippen LogP contribution in [0.4, 0.5) is 5.69 Å². The summed E-state index contributed by atoms with van der Waals surface area (Å²) in [7, 11) is 1.59. The van der Waals surface area contributed by atoms with Gasteiger partial charge in [0, 0.05) is 18.8 Å². The molecule has 2 aliphatic heterocycles. The Morgan fingerprint density at radius 3 is 2.54 bits per heavy atom. The van der Waals surface area contributed by atoms with Gasteiger partial charge in [-0.3, -0.25) is 9.36 Å². The van der Waals surface area contributed by atoms with Gasteiger partial charge in [0.25, 0.3) is 5.56 Å². The minimum Gasteiger partial charge on any atom is -0.497 e. The van der Waals surface area contributed by atoms with E-state index in [1.165, 1.54) is 29.9 Å². The molecule has 0 unspecified atom stereocenters. The van der Waals surface area contributed by atoms with Crippen molar-refractivity contribution in [3.8, 4) is 5.75 Å². The topological polar surface area (TPSA) is 73.1 Å². The summed E-state index contributed by atoms with van der Waals surface area (Å²) in [5.74, 6) is 0.166. The molecule has 0 amide bonds. The second kappa shape index (κ2) is 10.4. The van der Waals surface area contributed by atoms with Gasteiger partial charge in [-0.15, -0.1) is 0 Å². The number of rotatable bonds is 6. The molecule has 8 heteroatoms. The fourth-order valence-corrected chi connectivity index (χ4v) is 5.94. The fraction of sp³-hybridized carbons (Fsp3) is 0.345. The molecule has 37 heavy (non-hydrogen) atoms. The SMILES string of the molecule is COc1cccc([C@@H]2C(C(=O)OC(C)C)=C(C)N=c3s/c(=C\c4ccc(N5CCCC5)cc4)c(=O)n32)c1. The van der Waals surface area contributed by atoms with Gasteiger partial charge in [0.05, 0.1) is 35.1 Å². The first kappa shape index (κ1) is 25.0. The van der Waals surface area contributed by atoms with Crippen molar-refractivity contribution in [3.63, 3.8) is 0 Å². The summed E-state index contributed by atoms with van der Waals surface area (Å²) in [5.41, 5.74) is 3.62. The number of allylic oxidation sites excluding steroid dienone is 1. The average molecular weight is 518 g/mol. The van der Waals surface area contributed by atoms with Crippen molar-refractivity contribution in [2.75, 3.05) is 25.1 Å². The van der Waals surface area contributed by atoms with Crippen LogP contribution in [-0.2, 0) is 9.53 Å². The molecular weight excluding hydrogens is 486 g/mol. The summed E-state index contributed by atoms with van der Waals surface area (Å²) in [6.45, 7) is 7.57. The van der Waals surface area contributed by atoms with Crippen LogP contribution in [0.3, 0.4) is 0 Å². The van der Waals surface area contributed by atoms with E-state index in [0.29, 0.717) is 26.4 Å². The molecule has 1 saturated heterocycles. The molecule has 192 valence electrons. The maximum absolute atomic E-state index is 13.8. The zero-order valence-corrected chi connectivity index (χ0v) is 22.4. The second-order valence-corrected chi connectivity index (χ2v) is 10.6. The van der Waals surface area contributed by atoms with Crippen LogP contribution in [0.1, 0.15) is 50.8 Å². The van der Waals surface area contributed by atoms with Crippen molar-refractivity contribution in [3.05, 3.63) is 90.6 Å². The summed E-state index contributed by atoms with van der Waals surface area (Å²) in [5, 5.41) is 0. The van der Waals surface area contributed by atoms with E-state index < -0.39 is 12.0 Å². The summed E-state index contributed by atoms with van der Waals surface area (Å²) < 4.78 is 13.2. The Balaban J connectivity index is 1.61. The maximum atomic E-state index is 13.8. The number of methoxy groups -OCH3 is 1. The highest BCUT2D eigenvalue weighted by Crippen LogP contribution is 2.32. The van der Waals surface area contributed by atoms with E-state index in [1.807, 2.05) is 42.5 Å². The number of ether oxygens (including phenoxy) is 2. The number of carbonyl (C=O) groups excluding carboxylic acids is 1. The number of fused-ring (bicyclic) bond motifs is 1. The molecule has 0 radical (unpaired) electrons.